The maximum atomic E-state index is 12.6. The second-order valence-corrected chi connectivity index (χ2v) is 7.45. The molecule has 0 heterocycles. The molecule has 0 aliphatic heterocycles. The number of rotatable bonds is 6. The molecule has 7 heteroatoms. The first-order valence-corrected chi connectivity index (χ1v) is 9.44. The summed E-state index contributed by atoms with van der Waals surface area (Å²) in [6.45, 7) is 5.54. The third-order valence-corrected chi connectivity index (χ3v) is 4.44. The molecule has 0 radical (unpaired) electrons. The van der Waals surface area contributed by atoms with Crippen molar-refractivity contribution < 1.29 is 14.4 Å². The molecule has 0 spiro atoms. The second-order valence-electron chi connectivity index (χ2n) is 7.45. The fraction of sp³-hybridized carbons (Fsp3) is 0.318. The number of hydrogen-bond donors (Lipinski definition) is 3. The van der Waals surface area contributed by atoms with Crippen molar-refractivity contribution in [3.05, 3.63) is 65.2 Å². The highest BCUT2D eigenvalue weighted by molar-refractivity contribution is 5.99. The quantitative estimate of drug-likeness (QED) is 0.654. The molecule has 0 aliphatic carbocycles. The van der Waals surface area contributed by atoms with Gasteiger partial charge in [0.15, 0.2) is 0 Å². The van der Waals surface area contributed by atoms with E-state index in [4.69, 9.17) is 0 Å². The van der Waals surface area contributed by atoms with Gasteiger partial charge in [-0.15, -0.1) is 0 Å². The molecule has 154 valence electrons. The van der Waals surface area contributed by atoms with E-state index in [0.717, 1.165) is 11.3 Å². The zero-order valence-electron chi connectivity index (χ0n) is 17.4. The lowest BCUT2D eigenvalue weighted by atomic mass is 10.0. The van der Waals surface area contributed by atoms with Gasteiger partial charge >= 0.3 is 0 Å². The van der Waals surface area contributed by atoms with Crippen LogP contribution in [0, 0.1) is 12.8 Å². The van der Waals surface area contributed by atoms with Crippen LogP contribution in [-0.4, -0.2) is 37.9 Å². The summed E-state index contributed by atoms with van der Waals surface area (Å²) in [6, 6.07) is 13.4. The Morgan fingerprint density at radius 1 is 0.862 bits per heavy atom. The Morgan fingerprint density at radius 2 is 1.48 bits per heavy atom. The number of amides is 3. The number of nitrogens with one attached hydrogen (secondary N) is 3. The van der Waals surface area contributed by atoms with Crippen molar-refractivity contribution >= 4 is 23.4 Å². The summed E-state index contributed by atoms with van der Waals surface area (Å²) in [5.41, 5.74) is 7.55. The molecule has 0 saturated carbocycles. The predicted molar refractivity (Wildman–Crippen MR) is 114 cm³/mol. The molecule has 0 bridgehead atoms. The molecule has 3 N–H and O–H groups in total. The van der Waals surface area contributed by atoms with Gasteiger partial charge in [0.1, 0.15) is 6.04 Å². The Bertz CT molecular complexity index is 893. The molecule has 0 fully saturated rings. The summed E-state index contributed by atoms with van der Waals surface area (Å²) in [5.74, 6) is -1.43. The average Bonchev–Trinajstić information content (AvgIpc) is 2.69. The number of hydrogen-bond acceptors (Lipinski definition) is 4. The molecule has 1 unspecified atom stereocenters. The van der Waals surface area contributed by atoms with E-state index in [9.17, 15) is 14.4 Å². The van der Waals surface area contributed by atoms with Crippen LogP contribution in [0.5, 0.6) is 0 Å². The van der Waals surface area contributed by atoms with Crippen molar-refractivity contribution in [2.24, 2.45) is 5.92 Å². The van der Waals surface area contributed by atoms with Gasteiger partial charge in [-0.1, -0.05) is 37.6 Å². The molecule has 2 aromatic rings. The molecular formula is C22H28N4O3. The minimum atomic E-state index is -0.795. The van der Waals surface area contributed by atoms with E-state index in [1.54, 1.807) is 36.4 Å². The predicted octanol–water partition coefficient (Wildman–Crippen LogP) is 2.28. The third kappa shape index (κ3) is 6.07. The summed E-state index contributed by atoms with van der Waals surface area (Å²) in [6.07, 6.45) is 0. The van der Waals surface area contributed by atoms with E-state index in [2.05, 4.69) is 16.2 Å². The summed E-state index contributed by atoms with van der Waals surface area (Å²) in [4.78, 5) is 39.3. The van der Waals surface area contributed by atoms with Gasteiger partial charge in [0, 0.05) is 30.9 Å². The highest BCUT2D eigenvalue weighted by Crippen LogP contribution is 2.13. The van der Waals surface area contributed by atoms with Gasteiger partial charge in [-0.3, -0.25) is 25.2 Å². The van der Waals surface area contributed by atoms with Gasteiger partial charge in [0.05, 0.1) is 0 Å². The van der Waals surface area contributed by atoms with Crippen molar-refractivity contribution in [3.63, 3.8) is 0 Å². The van der Waals surface area contributed by atoms with Gasteiger partial charge in [-0.2, -0.15) is 0 Å². The Balaban J connectivity index is 2.01. The van der Waals surface area contributed by atoms with Crippen LogP contribution >= 0.6 is 0 Å². The van der Waals surface area contributed by atoms with Crippen LogP contribution < -0.4 is 21.1 Å². The number of hydrazine groups is 1. The Morgan fingerprint density at radius 3 is 2.07 bits per heavy atom. The summed E-state index contributed by atoms with van der Waals surface area (Å²) in [5, 5.41) is 2.74. The number of carbonyl (C=O) groups is 3. The van der Waals surface area contributed by atoms with E-state index in [-0.39, 0.29) is 11.8 Å². The Kier molecular flexibility index (Phi) is 7.36. The highest BCUT2D eigenvalue weighted by atomic mass is 16.2. The van der Waals surface area contributed by atoms with Crippen molar-refractivity contribution in [1.29, 1.82) is 0 Å². The third-order valence-electron chi connectivity index (χ3n) is 4.44. The first-order chi connectivity index (χ1) is 13.7. The fourth-order valence-corrected chi connectivity index (χ4v) is 2.74. The molecule has 0 aliphatic rings. The molecule has 3 amide bonds. The van der Waals surface area contributed by atoms with Crippen LogP contribution in [0.25, 0.3) is 0 Å². The zero-order chi connectivity index (χ0) is 21.6. The minimum absolute atomic E-state index is 0.169. The molecule has 2 aromatic carbocycles. The van der Waals surface area contributed by atoms with Gasteiger partial charge in [-0.05, 0) is 43.2 Å². The van der Waals surface area contributed by atoms with Gasteiger partial charge in [0.2, 0.25) is 0 Å². The lowest BCUT2D eigenvalue weighted by molar-refractivity contribution is -0.124. The van der Waals surface area contributed by atoms with Crippen LogP contribution in [0.1, 0.15) is 40.1 Å². The maximum Gasteiger partial charge on any atom is 0.269 e. The molecule has 0 saturated heterocycles. The first-order valence-electron chi connectivity index (χ1n) is 9.44. The Labute approximate surface area is 171 Å². The number of nitrogens with zero attached hydrogens (tertiary/aromatic N) is 1. The minimum Gasteiger partial charge on any atom is -0.378 e. The van der Waals surface area contributed by atoms with Crippen LogP contribution in [0.2, 0.25) is 0 Å². The van der Waals surface area contributed by atoms with Crippen molar-refractivity contribution in [1.82, 2.24) is 16.2 Å². The Hall–Kier alpha value is -3.35. The normalized spacial score (nSPS) is 11.5. The van der Waals surface area contributed by atoms with Gasteiger partial charge in [-0.25, -0.2) is 0 Å². The van der Waals surface area contributed by atoms with E-state index in [1.807, 2.05) is 51.9 Å². The van der Waals surface area contributed by atoms with Gasteiger partial charge in [0.25, 0.3) is 17.7 Å². The standard InChI is InChI=1S/C22H28N4O3/c1-14(2)19(23-20(27)16-9-6-8-15(3)12-16)22(29)25-24-21(28)17-10-7-11-18(13-17)26(4)5/h6-14,19H,1-5H3,(H,23,27)(H,24,28)(H,25,29). The number of aryl methyl sites for hydroxylation is 1. The molecule has 1 atom stereocenters. The molecule has 29 heavy (non-hydrogen) atoms. The topological polar surface area (TPSA) is 90.5 Å². The highest BCUT2D eigenvalue weighted by Gasteiger charge is 2.25. The average molecular weight is 396 g/mol. The lowest BCUT2D eigenvalue weighted by Gasteiger charge is -2.22. The monoisotopic (exact) mass is 396 g/mol. The van der Waals surface area contributed by atoms with Crippen LogP contribution in [0.4, 0.5) is 5.69 Å². The van der Waals surface area contributed by atoms with Crippen molar-refractivity contribution in [3.8, 4) is 0 Å². The number of carbonyl (C=O) groups excluding carboxylic acids is 3. The van der Waals surface area contributed by atoms with Crippen molar-refractivity contribution in [2.75, 3.05) is 19.0 Å². The molecule has 7 nitrogen and oxygen atoms in total. The summed E-state index contributed by atoms with van der Waals surface area (Å²) >= 11 is 0. The van der Waals surface area contributed by atoms with E-state index >= 15 is 0 Å². The lowest BCUT2D eigenvalue weighted by Crippen LogP contribution is -2.54. The summed E-state index contributed by atoms with van der Waals surface area (Å²) in [7, 11) is 3.76. The van der Waals surface area contributed by atoms with Gasteiger partial charge < -0.3 is 10.2 Å². The molecular weight excluding hydrogens is 368 g/mol. The maximum absolute atomic E-state index is 12.6. The molecule has 0 aromatic heterocycles. The smallest absolute Gasteiger partial charge is 0.269 e. The van der Waals surface area contributed by atoms with Crippen LogP contribution in [0.3, 0.4) is 0 Å². The second kappa shape index (κ2) is 9.73. The largest absolute Gasteiger partial charge is 0.378 e. The van der Waals surface area contributed by atoms with Crippen molar-refractivity contribution in [2.45, 2.75) is 26.8 Å². The number of anilines is 1. The number of benzene rings is 2. The molecule has 2 rings (SSSR count). The van der Waals surface area contributed by atoms with Crippen LogP contribution in [0.15, 0.2) is 48.5 Å². The SMILES string of the molecule is Cc1cccc(C(=O)NC(C(=O)NNC(=O)c2cccc(N(C)C)c2)C(C)C)c1. The fourth-order valence-electron chi connectivity index (χ4n) is 2.74. The zero-order valence-corrected chi connectivity index (χ0v) is 17.4. The van der Waals surface area contributed by atoms with E-state index < -0.39 is 17.9 Å². The van der Waals surface area contributed by atoms with E-state index in [0.29, 0.717) is 11.1 Å². The van der Waals surface area contributed by atoms with E-state index in [1.165, 1.54) is 0 Å². The van der Waals surface area contributed by atoms with Crippen LogP contribution in [-0.2, 0) is 4.79 Å². The summed E-state index contributed by atoms with van der Waals surface area (Å²) < 4.78 is 0. The first kappa shape index (κ1) is 21.9.